The van der Waals surface area contributed by atoms with Crippen molar-refractivity contribution in [1.29, 1.82) is 0 Å². The Morgan fingerprint density at radius 3 is 2.18 bits per heavy atom. The van der Waals surface area contributed by atoms with Gasteiger partial charge in [0.1, 0.15) is 12.3 Å². The topological polar surface area (TPSA) is 124 Å². The van der Waals surface area contributed by atoms with E-state index in [1.807, 2.05) is 11.1 Å². The van der Waals surface area contributed by atoms with Crippen LogP contribution in [0.5, 0.6) is 0 Å². The summed E-state index contributed by atoms with van der Waals surface area (Å²) in [6.45, 7) is 10.1. The SMILES string of the molecule is CC/C(=C(\C1CCC(O)CC1)C1CCC(OC2CCC(N3CCN(CCOC4CCC5C(=O)N(C6CCC(=O)NC6=O)CC5C4)CC3)CN2)CC1)C1CCCCC1. The van der Waals surface area contributed by atoms with Crippen molar-refractivity contribution >= 4 is 17.7 Å². The second kappa shape index (κ2) is 19.7. The highest BCUT2D eigenvalue weighted by atomic mass is 16.5. The van der Waals surface area contributed by atoms with Gasteiger partial charge in [0.25, 0.3) is 0 Å². The van der Waals surface area contributed by atoms with Gasteiger partial charge < -0.3 is 19.5 Å². The van der Waals surface area contributed by atoms with Gasteiger partial charge in [0.15, 0.2) is 0 Å². The first-order valence-corrected chi connectivity index (χ1v) is 23.8. The highest BCUT2D eigenvalue weighted by molar-refractivity contribution is 6.02. The Kier molecular flexibility index (Phi) is 14.4. The standard InChI is InChI=1S/C46H75N5O6/c1-2-39(31-6-4-3-5-7-31)44(32-8-13-36(52)14-9-32)33-10-15-37(16-11-33)57-43-21-12-35(29-47-43)50-24-22-49(23-25-50)26-27-56-38-17-18-40-34(28-38)30-51(46(40)55)41-19-20-42(53)48-45(41)54/h31-38,40-41,43,47,52H,2-30H2,1H3,(H,48,53,54)/b44-39-. The molecule has 0 aromatic heterocycles. The summed E-state index contributed by atoms with van der Waals surface area (Å²) in [5.41, 5.74) is 3.69. The molecule has 6 atom stereocenters. The Labute approximate surface area is 342 Å². The molecule has 8 fully saturated rings. The first-order valence-electron chi connectivity index (χ1n) is 23.8. The Bertz CT molecular complexity index is 1390. The molecular formula is C46H75N5O6. The number of carbonyl (C=O) groups excluding carboxylic acids is 3. The number of piperazine rings is 1. The van der Waals surface area contributed by atoms with Crippen molar-refractivity contribution in [3.63, 3.8) is 0 Å². The maximum absolute atomic E-state index is 13.2. The number of likely N-dealkylation sites (tertiary alicyclic amines) is 1. The molecule has 320 valence electrons. The number of hydrogen-bond acceptors (Lipinski definition) is 9. The lowest BCUT2D eigenvalue weighted by atomic mass is 9.68. The van der Waals surface area contributed by atoms with Crippen LogP contribution < -0.4 is 10.6 Å². The molecule has 0 radical (unpaired) electrons. The number of rotatable bonds is 12. The fourth-order valence-corrected chi connectivity index (χ4v) is 12.8. The van der Waals surface area contributed by atoms with E-state index in [2.05, 4.69) is 27.4 Å². The maximum atomic E-state index is 13.2. The maximum Gasteiger partial charge on any atom is 0.249 e. The van der Waals surface area contributed by atoms with Gasteiger partial charge in [-0.2, -0.15) is 0 Å². The Hall–Kier alpha value is -1.89. The van der Waals surface area contributed by atoms with Crippen LogP contribution in [0.25, 0.3) is 0 Å². The predicted octanol–water partition coefficient (Wildman–Crippen LogP) is 5.54. The van der Waals surface area contributed by atoms with Gasteiger partial charge >= 0.3 is 0 Å². The smallest absolute Gasteiger partial charge is 0.249 e. The molecule has 0 spiro atoms. The minimum absolute atomic E-state index is 0.0104. The molecule has 0 aromatic carbocycles. The number of nitrogens with one attached hydrogen (secondary N) is 2. The van der Waals surface area contributed by atoms with Crippen LogP contribution >= 0.6 is 0 Å². The zero-order chi connectivity index (χ0) is 39.3. The van der Waals surface area contributed by atoms with Gasteiger partial charge in [-0.1, -0.05) is 37.3 Å². The van der Waals surface area contributed by atoms with E-state index in [9.17, 15) is 19.5 Å². The average Bonchev–Trinajstić information content (AvgIpc) is 3.56. The zero-order valence-corrected chi connectivity index (χ0v) is 35.2. The Balaban J connectivity index is 0.719. The number of piperidine rings is 2. The molecule has 3 amide bonds. The van der Waals surface area contributed by atoms with Crippen LogP contribution in [-0.4, -0.2) is 127 Å². The monoisotopic (exact) mass is 794 g/mol. The molecule has 0 aromatic rings. The number of fused-ring (bicyclic) bond motifs is 1. The number of imide groups is 1. The summed E-state index contributed by atoms with van der Waals surface area (Å²) in [5, 5.41) is 16.5. The summed E-state index contributed by atoms with van der Waals surface area (Å²) in [4.78, 5) is 44.2. The minimum atomic E-state index is -0.501. The van der Waals surface area contributed by atoms with E-state index in [0.29, 0.717) is 37.5 Å². The molecule has 4 heterocycles. The number of aliphatic hydroxyl groups is 1. The Morgan fingerprint density at radius 2 is 1.49 bits per heavy atom. The molecular weight excluding hydrogens is 719 g/mol. The van der Waals surface area contributed by atoms with Crippen LogP contribution in [0.15, 0.2) is 11.1 Å². The lowest BCUT2D eigenvalue weighted by Gasteiger charge is -2.43. The van der Waals surface area contributed by atoms with Gasteiger partial charge in [-0.05, 0) is 133 Å². The molecule has 6 unspecified atom stereocenters. The highest BCUT2D eigenvalue weighted by Crippen LogP contribution is 2.46. The van der Waals surface area contributed by atoms with E-state index in [-0.39, 0.29) is 48.0 Å². The molecule has 11 nitrogen and oxygen atoms in total. The van der Waals surface area contributed by atoms with Crippen LogP contribution in [0.1, 0.15) is 142 Å². The molecule has 4 saturated heterocycles. The van der Waals surface area contributed by atoms with Crippen molar-refractivity contribution in [3.8, 4) is 0 Å². The van der Waals surface area contributed by atoms with Crippen molar-refractivity contribution in [2.45, 2.75) is 178 Å². The molecule has 0 bridgehead atoms. The second-order valence-electron chi connectivity index (χ2n) is 19.4. The van der Waals surface area contributed by atoms with E-state index >= 15 is 0 Å². The van der Waals surface area contributed by atoms with Crippen molar-refractivity contribution in [2.24, 2.45) is 29.6 Å². The summed E-state index contributed by atoms with van der Waals surface area (Å²) in [7, 11) is 0. The summed E-state index contributed by atoms with van der Waals surface area (Å²) in [5.74, 6) is 1.98. The van der Waals surface area contributed by atoms with Crippen molar-refractivity contribution in [1.82, 2.24) is 25.3 Å². The number of ether oxygens (including phenoxy) is 2. The minimum Gasteiger partial charge on any atom is -0.393 e. The molecule has 3 N–H and O–H groups in total. The molecule has 8 aliphatic rings. The van der Waals surface area contributed by atoms with E-state index in [1.54, 1.807) is 4.90 Å². The van der Waals surface area contributed by atoms with Gasteiger partial charge in [-0.3, -0.25) is 34.8 Å². The average molecular weight is 794 g/mol. The lowest BCUT2D eigenvalue weighted by molar-refractivity contribution is -0.145. The highest BCUT2D eigenvalue weighted by Gasteiger charge is 2.48. The van der Waals surface area contributed by atoms with E-state index in [0.717, 1.165) is 96.2 Å². The van der Waals surface area contributed by atoms with Gasteiger partial charge in [0.2, 0.25) is 17.7 Å². The first kappa shape index (κ1) is 41.8. The Morgan fingerprint density at radius 1 is 0.772 bits per heavy atom. The summed E-state index contributed by atoms with van der Waals surface area (Å²) in [6.07, 6.45) is 23.7. The van der Waals surface area contributed by atoms with Crippen molar-refractivity contribution < 1.29 is 29.0 Å². The lowest BCUT2D eigenvalue weighted by Crippen LogP contribution is -2.56. The fourth-order valence-electron chi connectivity index (χ4n) is 12.8. The quantitative estimate of drug-likeness (QED) is 0.173. The van der Waals surface area contributed by atoms with Crippen LogP contribution in [0, 0.1) is 29.6 Å². The molecule has 11 heteroatoms. The van der Waals surface area contributed by atoms with E-state index in [1.165, 1.54) is 83.5 Å². The van der Waals surface area contributed by atoms with Crippen LogP contribution in [0.2, 0.25) is 0 Å². The normalized spacial score (nSPS) is 38.5. The largest absolute Gasteiger partial charge is 0.393 e. The predicted molar refractivity (Wildman–Crippen MR) is 220 cm³/mol. The summed E-state index contributed by atoms with van der Waals surface area (Å²) < 4.78 is 13.2. The van der Waals surface area contributed by atoms with Crippen LogP contribution in [-0.2, 0) is 23.9 Å². The number of allylic oxidation sites excluding steroid dienone is 2. The molecule has 4 saturated carbocycles. The third-order valence-electron chi connectivity index (χ3n) is 16.0. The number of hydrogen-bond donors (Lipinski definition) is 3. The summed E-state index contributed by atoms with van der Waals surface area (Å²) in [6, 6.07) is 0.0791. The number of carbonyl (C=O) groups is 3. The number of amides is 3. The second-order valence-corrected chi connectivity index (χ2v) is 19.4. The van der Waals surface area contributed by atoms with Gasteiger partial charge in [0, 0.05) is 64.2 Å². The first-order chi connectivity index (χ1) is 27.8. The zero-order valence-electron chi connectivity index (χ0n) is 35.2. The van der Waals surface area contributed by atoms with Gasteiger partial charge in [-0.25, -0.2) is 0 Å². The van der Waals surface area contributed by atoms with Crippen LogP contribution in [0.4, 0.5) is 0 Å². The molecule has 8 rings (SSSR count). The van der Waals surface area contributed by atoms with Crippen molar-refractivity contribution in [2.75, 3.05) is 52.4 Å². The summed E-state index contributed by atoms with van der Waals surface area (Å²) >= 11 is 0. The third-order valence-corrected chi connectivity index (χ3v) is 16.0. The van der Waals surface area contributed by atoms with E-state index in [4.69, 9.17) is 9.47 Å². The fraction of sp³-hybridized carbons (Fsp3) is 0.891. The molecule has 4 aliphatic heterocycles. The molecule has 4 aliphatic carbocycles. The third kappa shape index (κ3) is 10.2. The number of aliphatic hydroxyl groups excluding tert-OH is 1. The van der Waals surface area contributed by atoms with Gasteiger partial charge in [0.05, 0.1) is 24.9 Å². The van der Waals surface area contributed by atoms with E-state index < -0.39 is 6.04 Å². The molecule has 57 heavy (non-hydrogen) atoms. The number of nitrogens with zero attached hydrogens (tertiary/aromatic N) is 3. The van der Waals surface area contributed by atoms with Crippen molar-refractivity contribution in [3.05, 3.63) is 11.1 Å². The van der Waals surface area contributed by atoms with Gasteiger partial charge in [-0.15, -0.1) is 0 Å². The van der Waals surface area contributed by atoms with Crippen LogP contribution in [0.3, 0.4) is 0 Å².